The van der Waals surface area contributed by atoms with Crippen LogP contribution in [0.15, 0.2) is 0 Å². The van der Waals surface area contributed by atoms with Crippen molar-refractivity contribution in [3.05, 3.63) is 0 Å². The number of amides is 1. The SMILES string of the molecule is CC.CC1CCN(C)C(=O)C1. The largest absolute Gasteiger partial charge is 0.346 e. The Morgan fingerprint density at radius 1 is 1.45 bits per heavy atom. The molecule has 11 heavy (non-hydrogen) atoms. The second-order valence-corrected chi connectivity index (χ2v) is 2.91. The minimum absolute atomic E-state index is 0.300. The molecule has 0 saturated carbocycles. The first-order chi connectivity index (χ1) is 5.20. The van der Waals surface area contributed by atoms with E-state index in [0.717, 1.165) is 13.0 Å². The molecular weight excluding hydrogens is 138 g/mol. The highest BCUT2D eigenvalue weighted by Crippen LogP contribution is 2.15. The van der Waals surface area contributed by atoms with Gasteiger partial charge in [-0.3, -0.25) is 4.79 Å². The van der Waals surface area contributed by atoms with E-state index in [0.29, 0.717) is 11.8 Å². The van der Waals surface area contributed by atoms with Crippen LogP contribution in [0.3, 0.4) is 0 Å². The average Bonchev–Trinajstić information content (AvgIpc) is 2.02. The smallest absolute Gasteiger partial charge is 0.222 e. The number of rotatable bonds is 0. The molecule has 0 aromatic rings. The maximum Gasteiger partial charge on any atom is 0.222 e. The Balaban J connectivity index is 0.000000461. The van der Waals surface area contributed by atoms with Crippen molar-refractivity contribution in [2.45, 2.75) is 33.6 Å². The molecule has 0 aromatic heterocycles. The summed E-state index contributed by atoms with van der Waals surface area (Å²) in [4.78, 5) is 12.7. The van der Waals surface area contributed by atoms with Crippen LogP contribution in [0, 0.1) is 5.92 Å². The lowest BCUT2D eigenvalue weighted by Crippen LogP contribution is -2.34. The highest BCUT2D eigenvalue weighted by molar-refractivity contribution is 5.76. The zero-order valence-corrected chi connectivity index (χ0v) is 8.05. The van der Waals surface area contributed by atoms with Crippen LogP contribution in [-0.4, -0.2) is 24.4 Å². The molecule has 0 N–H and O–H groups in total. The van der Waals surface area contributed by atoms with Crippen LogP contribution in [0.1, 0.15) is 33.6 Å². The van der Waals surface area contributed by atoms with E-state index in [1.165, 1.54) is 6.42 Å². The average molecular weight is 157 g/mol. The lowest BCUT2D eigenvalue weighted by atomic mass is 9.99. The van der Waals surface area contributed by atoms with E-state index in [2.05, 4.69) is 6.92 Å². The molecular formula is C9H19NO. The normalized spacial score (nSPS) is 24.2. The van der Waals surface area contributed by atoms with Gasteiger partial charge in [-0.05, 0) is 12.3 Å². The van der Waals surface area contributed by atoms with Gasteiger partial charge < -0.3 is 4.90 Å². The highest BCUT2D eigenvalue weighted by atomic mass is 16.2. The minimum Gasteiger partial charge on any atom is -0.346 e. The van der Waals surface area contributed by atoms with E-state index in [1.807, 2.05) is 20.9 Å². The van der Waals surface area contributed by atoms with Gasteiger partial charge in [-0.15, -0.1) is 0 Å². The Morgan fingerprint density at radius 2 is 2.00 bits per heavy atom. The van der Waals surface area contributed by atoms with Gasteiger partial charge in [0.05, 0.1) is 0 Å². The van der Waals surface area contributed by atoms with Crippen LogP contribution in [0.2, 0.25) is 0 Å². The van der Waals surface area contributed by atoms with Crippen molar-refractivity contribution in [2.24, 2.45) is 5.92 Å². The molecule has 0 bridgehead atoms. The van der Waals surface area contributed by atoms with Gasteiger partial charge in [-0.1, -0.05) is 20.8 Å². The summed E-state index contributed by atoms with van der Waals surface area (Å²) >= 11 is 0. The predicted octanol–water partition coefficient (Wildman–Crippen LogP) is 1.90. The molecule has 1 aliphatic rings. The Labute approximate surface area is 69.6 Å². The summed E-state index contributed by atoms with van der Waals surface area (Å²) < 4.78 is 0. The number of hydrogen-bond acceptors (Lipinski definition) is 1. The van der Waals surface area contributed by atoms with Crippen LogP contribution in [0.25, 0.3) is 0 Å². The van der Waals surface area contributed by atoms with E-state index >= 15 is 0 Å². The van der Waals surface area contributed by atoms with Crippen molar-refractivity contribution in [1.29, 1.82) is 0 Å². The van der Waals surface area contributed by atoms with E-state index in [9.17, 15) is 4.79 Å². The third-order valence-corrected chi connectivity index (χ3v) is 1.91. The summed E-state index contributed by atoms with van der Waals surface area (Å²) in [6.07, 6.45) is 1.92. The van der Waals surface area contributed by atoms with Crippen molar-refractivity contribution < 1.29 is 4.79 Å². The Morgan fingerprint density at radius 3 is 2.36 bits per heavy atom. The van der Waals surface area contributed by atoms with Crippen LogP contribution >= 0.6 is 0 Å². The summed E-state index contributed by atoms with van der Waals surface area (Å²) in [6.45, 7) is 7.07. The first-order valence-electron chi connectivity index (χ1n) is 4.44. The zero-order chi connectivity index (χ0) is 8.85. The van der Waals surface area contributed by atoms with Crippen molar-refractivity contribution in [3.8, 4) is 0 Å². The predicted molar refractivity (Wildman–Crippen MR) is 47.4 cm³/mol. The summed E-state index contributed by atoms with van der Waals surface area (Å²) in [5.74, 6) is 0.905. The second kappa shape index (κ2) is 5.16. The molecule has 1 atom stereocenters. The van der Waals surface area contributed by atoms with E-state index in [1.54, 1.807) is 4.90 Å². The lowest BCUT2D eigenvalue weighted by molar-refractivity contribution is -0.133. The third kappa shape index (κ3) is 3.40. The van der Waals surface area contributed by atoms with Gasteiger partial charge >= 0.3 is 0 Å². The number of likely N-dealkylation sites (tertiary alicyclic amines) is 1. The van der Waals surface area contributed by atoms with E-state index < -0.39 is 0 Å². The Hall–Kier alpha value is -0.530. The number of carbonyl (C=O) groups excluding carboxylic acids is 1. The number of hydrogen-bond donors (Lipinski definition) is 0. The molecule has 2 nitrogen and oxygen atoms in total. The summed E-state index contributed by atoms with van der Waals surface area (Å²) in [7, 11) is 1.87. The number of carbonyl (C=O) groups is 1. The van der Waals surface area contributed by atoms with Gasteiger partial charge in [0.2, 0.25) is 5.91 Å². The number of piperidine rings is 1. The van der Waals surface area contributed by atoms with Gasteiger partial charge in [0.15, 0.2) is 0 Å². The first-order valence-corrected chi connectivity index (χ1v) is 4.44. The van der Waals surface area contributed by atoms with Crippen molar-refractivity contribution in [1.82, 2.24) is 4.90 Å². The van der Waals surface area contributed by atoms with Gasteiger partial charge in [0.1, 0.15) is 0 Å². The fourth-order valence-corrected chi connectivity index (χ4v) is 1.09. The first kappa shape index (κ1) is 10.5. The van der Waals surface area contributed by atoms with Crippen molar-refractivity contribution >= 4 is 5.91 Å². The minimum atomic E-state index is 0.300. The van der Waals surface area contributed by atoms with Gasteiger partial charge in [-0.25, -0.2) is 0 Å². The van der Waals surface area contributed by atoms with Crippen molar-refractivity contribution in [2.75, 3.05) is 13.6 Å². The second-order valence-electron chi connectivity index (χ2n) is 2.91. The topological polar surface area (TPSA) is 20.3 Å². The molecule has 1 aliphatic heterocycles. The quantitative estimate of drug-likeness (QED) is 0.526. The van der Waals surface area contributed by atoms with Crippen LogP contribution in [0.4, 0.5) is 0 Å². The monoisotopic (exact) mass is 157 g/mol. The van der Waals surface area contributed by atoms with Gasteiger partial charge in [0, 0.05) is 20.0 Å². The number of nitrogens with zero attached hydrogens (tertiary/aromatic N) is 1. The zero-order valence-electron chi connectivity index (χ0n) is 8.05. The molecule has 0 aromatic carbocycles. The van der Waals surface area contributed by atoms with E-state index in [4.69, 9.17) is 0 Å². The lowest BCUT2D eigenvalue weighted by Gasteiger charge is -2.26. The summed E-state index contributed by atoms with van der Waals surface area (Å²) in [6, 6.07) is 0. The molecule has 1 amide bonds. The fourth-order valence-electron chi connectivity index (χ4n) is 1.09. The molecule has 1 fully saturated rings. The molecule has 1 heterocycles. The highest BCUT2D eigenvalue weighted by Gasteiger charge is 2.18. The van der Waals surface area contributed by atoms with Crippen LogP contribution < -0.4 is 0 Å². The Bertz CT molecular complexity index is 123. The molecule has 0 aliphatic carbocycles. The summed E-state index contributed by atoms with van der Waals surface area (Å²) in [5.41, 5.74) is 0. The standard InChI is InChI=1S/C7H13NO.C2H6/c1-6-3-4-8(2)7(9)5-6;1-2/h6H,3-5H2,1-2H3;1-2H3. The molecule has 66 valence electrons. The molecule has 0 spiro atoms. The van der Waals surface area contributed by atoms with Gasteiger partial charge in [-0.2, -0.15) is 0 Å². The van der Waals surface area contributed by atoms with Gasteiger partial charge in [0.25, 0.3) is 0 Å². The van der Waals surface area contributed by atoms with E-state index in [-0.39, 0.29) is 0 Å². The molecule has 0 radical (unpaired) electrons. The van der Waals surface area contributed by atoms with Crippen molar-refractivity contribution in [3.63, 3.8) is 0 Å². The van der Waals surface area contributed by atoms with Crippen LogP contribution in [0.5, 0.6) is 0 Å². The van der Waals surface area contributed by atoms with Crippen LogP contribution in [-0.2, 0) is 4.79 Å². The summed E-state index contributed by atoms with van der Waals surface area (Å²) in [5, 5.41) is 0. The fraction of sp³-hybridized carbons (Fsp3) is 0.889. The maximum atomic E-state index is 10.9. The Kier molecular flexibility index (Phi) is 4.92. The molecule has 1 unspecified atom stereocenters. The molecule has 1 saturated heterocycles. The molecule has 2 heteroatoms. The maximum absolute atomic E-state index is 10.9. The molecule has 1 rings (SSSR count). The third-order valence-electron chi connectivity index (χ3n) is 1.91.